The highest BCUT2D eigenvalue weighted by atomic mass is 32.2. The number of primary amides is 1. The number of rotatable bonds is 8. The fourth-order valence-corrected chi connectivity index (χ4v) is 3.87. The van der Waals surface area contributed by atoms with Crippen molar-refractivity contribution in [1.29, 1.82) is 0 Å². The molecule has 0 radical (unpaired) electrons. The average Bonchev–Trinajstić information content (AvgIpc) is 2.59. The molecule has 27 heavy (non-hydrogen) atoms. The molecule has 0 spiro atoms. The molecule has 150 valence electrons. The number of hydrogen-bond acceptors (Lipinski definition) is 6. The molecular weight excluding hydrogens is 374 g/mol. The second kappa shape index (κ2) is 9.47. The Balaban J connectivity index is 3.11. The maximum Gasteiger partial charge on any atom is 0.338 e. The van der Waals surface area contributed by atoms with E-state index in [0.29, 0.717) is 0 Å². The molecule has 0 heterocycles. The van der Waals surface area contributed by atoms with Gasteiger partial charge in [0.2, 0.25) is 10.0 Å². The van der Waals surface area contributed by atoms with E-state index < -0.39 is 40.0 Å². The van der Waals surface area contributed by atoms with Gasteiger partial charge in [-0.1, -0.05) is 33.8 Å². The summed E-state index contributed by atoms with van der Waals surface area (Å²) in [6.45, 7) is 7.25. The molecule has 1 aromatic rings. The van der Waals surface area contributed by atoms with Crippen LogP contribution in [0, 0.1) is 5.92 Å². The number of nitrogens with two attached hydrogens (primary N) is 1. The van der Waals surface area contributed by atoms with E-state index in [-0.39, 0.29) is 23.5 Å². The van der Waals surface area contributed by atoms with Crippen LogP contribution in [0.15, 0.2) is 29.2 Å². The van der Waals surface area contributed by atoms with Crippen LogP contribution in [0.5, 0.6) is 0 Å². The van der Waals surface area contributed by atoms with Crippen molar-refractivity contribution in [3.8, 4) is 0 Å². The van der Waals surface area contributed by atoms with Crippen molar-refractivity contribution >= 4 is 27.9 Å². The highest BCUT2D eigenvalue weighted by molar-refractivity contribution is 7.89. The SMILES string of the molecule is CCN(CC)S(=O)(=O)c1cccc(C(=O)O[C@@H](C(=O)NC(N)=O)C(C)C)c1. The minimum absolute atomic E-state index is 0.0271. The molecule has 9 nitrogen and oxygen atoms in total. The molecule has 3 N–H and O–H groups in total. The second-order valence-corrected chi connectivity index (χ2v) is 7.98. The van der Waals surface area contributed by atoms with Crippen LogP contribution in [0.2, 0.25) is 0 Å². The van der Waals surface area contributed by atoms with Gasteiger partial charge in [-0.2, -0.15) is 4.31 Å². The Morgan fingerprint density at radius 1 is 1.19 bits per heavy atom. The van der Waals surface area contributed by atoms with E-state index in [1.807, 2.05) is 5.32 Å². The van der Waals surface area contributed by atoms with E-state index in [1.165, 1.54) is 28.6 Å². The summed E-state index contributed by atoms with van der Waals surface area (Å²) in [5.41, 5.74) is 4.89. The summed E-state index contributed by atoms with van der Waals surface area (Å²) < 4.78 is 31.6. The third-order valence-electron chi connectivity index (χ3n) is 3.76. The first-order chi connectivity index (χ1) is 12.5. The van der Waals surface area contributed by atoms with Crippen LogP contribution >= 0.6 is 0 Å². The second-order valence-electron chi connectivity index (χ2n) is 6.04. The summed E-state index contributed by atoms with van der Waals surface area (Å²) >= 11 is 0. The molecular formula is C17H25N3O6S. The number of hydrogen-bond donors (Lipinski definition) is 2. The van der Waals surface area contributed by atoms with Crippen LogP contribution in [0.25, 0.3) is 0 Å². The molecule has 0 saturated carbocycles. The van der Waals surface area contributed by atoms with Crippen LogP contribution in [0.1, 0.15) is 38.1 Å². The molecule has 10 heteroatoms. The summed E-state index contributed by atoms with van der Waals surface area (Å²) in [7, 11) is -3.75. The number of carbonyl (C=O) groups excluding carboxylic acids is 3. The topological polar surface area (TPSA) is 136 Å². The van der Waals surface area contributed by atoms with E-state index >= 15 is 0 Å². The maximum absolute atomic E-state index is 12.6. The van der Waals surface area contributed by atoms with Gasteiger partial charge in [0, 0.05) is 13.1 Å². The number of urea groups is 1. The van der Waals surface area contributed by atoms with Gasteiger partial charge in [0.25, 0.3) is 5.91 Å². The molecule has 1 rings (SSSR count). The monoisotopic (exact) mass is 399 g/mol. The van der Waals surface area contributed by atoms with Crippen molar-refractivity contribution in [2.24, 2.45) is 11.7 Å². The van der Waals surface area contributed by atoms with E-state index in [4.69, 9.17) is 10.5 Å². The Labute approximate surface area is 158 Å². The van der Waals surface area contributed by atoms with Crippen molar-refractivity contribution in [2.75, 3.05) is 13.1 Å². The summed E-state index contributed by atoms with van der Waals surface area (Å²) in [6.07, 6.45) is -1.26. The van der Waals surface area contributed by atoms with Gasteiger partial charge in [-0.3, -0.25) is 10.1 Å². The van der Waals surface area contributed by atoms with Crippen LogP contribution in [-0.2, 0) is 19.6 Å². The van der Waals surface area contributed by atoms with Gasteiger partial charge in [0.05, 0.1) is 10.5 Å². The van der Waals surface area contributed by atoms with Gasteiger partial charge < -0.3 is 10.5 Å². The minimum atomic E-state index is -3.75. The van der Waals surface area contributed by atoms with Crippen molar-refractivity contribution in [3.63, 3.8) is 0 Å². The lowest BCUT2D eigenvalue weighted by Gasteiger charge is -2.21. The van der Waals surface area contributed by atoms with Crippen molar-refractivity contribution in [3.05, 3.63) is 29.8 Å². The number of benzene rings is 1. The van der Waals surface area contributed by atoms with Crippen LogP contribution in [0.4, 0.5) is 4.79 Å². The molecule has 0 aliphatic rings. The first kappa shape index (κ1) is 22.6. The van der Waals surface area contributed by atoms with Crippen molar-refractivity contribution < 1.29 is 27.5 Å². The smallest absolute Gasteiger partial charge is 0.338 e. The van der Waals surface area contributed by atoms with Gasteiger partial charge in [-0.15, -0.1) is 0 Å². The Hall–Kier alpha value is -2.46. The standard InChI is InChI=1S/C17H25N3O6S/c1-5-20(6-2)27(24,25)13-9-7-8-12(10-13)16(22)26-14(11(3)4)15(21)19-17(18)23/h7-11,14H,5-6H2,1-4H3,(H3,18,19,21,23)/t14-/m1/s1. The number of amides is 3. The summed E-state index contributed by atoms with van der Waals surface area (Å²) in [6, 6.07) is 4.31. The van der Waals surface area contributed by atoms with E-state index in [1.54, 1.807) is 27.7 Å². The fraction of sp³-hybridized carbons (Fsp3) is 0.471. The molecule has 1 aromatic carbocycles. The predicted octanol–water partition coefficient (Wildman–Crippen LogP) is 1.09. The summed E-state index contributed by atoms with van der Waals surface area (Å²) in [5.74, 6) is -2.17. The highest BCUT2D eigenvalue weighted by Gasteiger charge is 2.29. The molecule has 0 aliphatic heterocycles. The molecule has 0 unspecified atom stereocenters. The third kappa shape index (κ3) is 5.76. The lowest BCUT2D eigenvalue weighted by molar-refractivity contribution is -0.130. The van der Waals surface area contributed by atoms with Crippen LogP contribution < -0.4 is 11.1 Å². The fourth-order valence-electron chi connectivity index (χ4n) is 2.36. The first-order valence-corrected chi connectivity index (χ1v) is 9.90. The van der Waals surface area contributed by atoms with E-state index in [0.717, 1.165) is 0 Å². The third-order valence-corrected chi connectivity index (χ3v) is 5.80. The quantitative estimate of drug-likeness (QED) is 0.628. The highest BCUT2D eigenvalue weighted by Crippen LogP contribution is 2.18. The Bertz CT molecular complexity index is 803. The normalized spacial score (nSPS) is 12.7. The van der Waals surface area contributed by atoms with Gasteiger partial charge in [0.1, 0.15) is 0 Å². The van der Waals surface area contributed by atoms with Crippen molar-refractivity contribution in [2.45, 2.75) is 38.7 Å². The number of nitrogens with one attached hydrogen (secondary N) is 1. The maximum atomic E-state index is 12.6. The number of nitrogens with zero attached hydrogens (tertiary/aromatic N) is 1. The van der Waals surface area contributed by atoms with E-state index in [2.05, 4.69) is 0 Å². The molecule has 0 saturated heterocycles. The number of ether oxygens (including phenoxy) is 1. The summed E-state index contributed by atoms with van der Waals surface area (Å²) in [4.78, 5) is 35.2. The van der Waals surface area contributed by atoms with E-state index in [9.17, 15) is 22.8 Å². The van der Waals surface area contributed by atoms with Gasteiger partial charge in [0.15, 0.2) is 6.10 Å². The van der Waals surface area contributed by atoms with Crippen LogP contribution in [0.3, 0.4) is 0 Å². The van der Waals surface area contributed by atoms with Crippen LogP contribution in [-0.4, -0.2) is 49.8 Å². The zero-order valence-corrected chi connectivity index (χ0v) is 16.6. The first-order valence-electron chi connectivity index (χ1n) is 8.46. The number of esters is 1. The molecule has 0 aliphatic carbocycles. The predicted molar refractivity (Wildman–Crippen MR) is 98.3 cm³/mol. The zero-order chi connectivity index (χ0) is 20.8. The summed E-state index contributed by atoms with van der Waals surface area (Å²) in [5, 5.41) is 1.87. The molecule has 1 atom stereocenters. The zero-order valence-electron chi connectivity index (χ0n) is 15.8. The largest absolute Gasteiger partial charge is 0.448 e. The van der Waals surface area contributed by atoms with Gasteiger partial charge in [-0.05, 0) is 24.1 Å². The van der Waals surface area contributed by atoms with Crippen molar-refractivity contribution in [1.82, 2.24) is 9.62 Å². The number of imide groups is 1. The molecule has 0 fully saturated rings. The Morgan fingerprint density at radius 2 is 1.78 bits per heavy atom. The number of carbonyl (C=O) groups is 3. The molecule has 0 bridgehead atoms. The Morgan fingerprint density at radius 3 is 2.26 bits per heavy atom. The lowest BCUT2D eigenvalue weighted by Crippen LogP contribution is -2.45. The number of sulfonamides is 1. The minimum Gasteiger partial charge on any atom is -0.448 e. The molecule has 3 amide bonds. The van der Waals surface area contributed by atoms with Gasteiger partial charge in [-0.25, -0.2) is 18.0 Å². The Kier molecular flexibility index (Phi) is 7.92. The lowest BCUT2D eigenvalue weighted by atomic mass is 10.1. The van der Waals surface area contributed by atoms with Gasteiger partial charge >= 0.3 is 12.0 Å². The average molecular weight is 399 g/mol. The molecule has 0 aromatic heterocycles.